The third-order valence-electron chi connectivity index (χ3n) is 2.84. The van der Waals surface area contributed by atoms with Crippen molar-refractivity contribution >= 4 is 23.2 Å². The van der Waals surface area contributed by atoms with Gasteiger partial charge in [-0.05, 0) is 49.4 Å². The van der Waals surface area contributed by atoms with Gasteiger partial charge in [0.1, 0.15) is 11.5 Å². The molecule has 0 heterocycles. The molecule has 1 N–H and O–H groups in total. The number of carbonyl (C=O) groups excluding carboxylic acids is 1. The Morgan fingerprint density at radius 1 is 1.17 bits per heavy atom. The zero-order chi connectivity index (χ0) is 17.7. The van der Waals surface area contributed by atoms with Crippen molar-refractivity contribution in [2.75, 3.05) is 11.9 Å². The van der Waals surface area contributed by atoms with Crippen molar-refractivity contribution in [3.8, 4) is 11.5 Å². The van der Waals surface area contributed by atoms with Gasteiger partial charge in [0.05, 0.1) is 11.6 Å². The highest BCUT2D eigenvalue weighted by molar-refractivity contribution is 6.32. The molecule has 128 valence electrons. The van der Waals surface area contributed by atoms with E-state index in [0.717, 1.165) is 12.1 Å². The third-order valence-corrected chi connectivity index (χ3v) is 3.14. The van der Waals surface area contributed by atoms with Gasteiger partial charge in [0.25, 0.3) is 5.91 Å². The fourth-order valence-corrected chi connectivity index (χ4v) is 2.09. The van der Waals surface area contributed by atoms with Crippen LogP contribution in [-0.2, 0) is 0 Å². The predicted octanol–water partition coefficient (Wildman–Crippen LogP) is 4.89. The standard InChI is InChI=1S/C16H13ClF3NO3/c1-2-23-14-8-3-10(9-13(14)17)15(22)21-11-4-6-12(7-5-11)24-16(18,19)20/h3-9H,2H2,1H3,(H,21,22). The number of rotatable bonds is 5. The molecule has 2 rings (SSSR count). The lowest BCUT2D eigenvalue weighted by Crippen LogP contribution is -2.17. The van der Waals surface area contributed by atoms with Crippen LogP contribution in [0.2, 0.25) is 5.02 Å². The van der Waals surface area contributed by atoms with Gasteiger partial charge in [0.2, 0.25) is 0 Å². The van der Waals surface area contributed by atoms with Gasteiger partial charge < -0.3 is 14.8 Å². The molecule has 0 saturated carbocycles. The van der Waals surface area contributed by atoms with E-state index in [-0.39, 0.29) is 5.75 Å². The summed E-state index contributed by atoms with van der Waals surface area (Å²) >= 11 is 6.01. The van der Waals surface area contributed by atoms with E-state index in [9.17, 15) is 18.0 Å². The van der Waals surface area contributed by atoms with Gasteiger partial charge in [-0.3, -0.25) is 4.79 Å². The summed E-state index contributed by atoms with van der Waals surface area (Å²) in [6.07, 6.45) is -4.76. The molecule has 0 aliphatic rings. The van der Waals surface area contributed by atoms with Crippen molar-refractivity contribution in [2.24, 2.45) is 0 Å². The fraction of sp³-hybridized carbons (Fsp3) is 0.188. The van der Waals surface area contributed by atoms with E-state index in [1.54, 1.807) is 6.07 Å². The van der Waals surface area contributed by atoms with E-state index in [1.165, 1.54) is 24.3 Å². The normalized spacial score (nSPS) is 11.0. The fourth-order valence-electron chi connectivity index (χ4n) is 1.86. The van der Waals surface area contributed by atoms with E-state index in [0.29, 0.717) is 28.6 Å². The van der Waals surface area contributed by atoms with Gasteiger partial charge in [-0.2, -0.15) is 0 Å². The number of anilines is 1. The van der Waals surface area contributed by atoms with Crippen LogP contribution in [0.4, 0.5) is 18.9 Å². The van der Waals surface area contributed by atoms with E-state index >= 15 is 0 Å². The Hall–Kier alpha value is -2.41. The van der Waals surface area contributed by atoms with Crippen molar-refractivity contribution in [1.82, 2.24) is 0 Å². The van der Waals surface area contributed by atoms with Crippen LogP contribution in [0, 0.1) is 0 Å². The molecule has 0 fully saturated rings. The van der Waals surface area contributed by atoms with Crippen LogP contribution in [0.25, 0.3) is 0 Å². The highest BCUT2D eigenvalue weighted by Crippen LogP contribution is 2.27. The van der Waals surface area contributed by atoms with Crippen LogP contribution in [0.5, 0.6) is 11.5 Å². The maximum absolute atomic E-state index is 12.1. The van der Waals surface area contributed by atoms with E-state index in [1.807, 2.05) is 6.92 Å². The van der Waals surface area contributed by atoms with Gasteiger partial charge >= 0.3 is 6.36 Å². The molecule has 2 aromatic rings. The number of carbonyl (C=O) groups is 1. The minimum Gasteiger partial charge on any atom is -0.492 e. The molecule has 0 bridgehead atoms. The van der Waals surface area contributed by atoms with Gasteiger partial charge in [-0.15, -0.1) is 13.2 Å². The second-order valence-electron chi connectivity index (χ2n) is 4.60. The molecule has 0 saturated heterocycles. The summed E-state index contributed by atoms with van der Waals surface area (Å²) in [5.74, 6) is -0.363. The van der Waals surface area contributed by atoms with Gasteiger partial charge in [0.15, 0.2) is 0 Å². The summed E-state index contributed by atoms with van der Waals surface area (Å²) in [7, 11) is 0. The Kier molecular flexibility index (Phi) is 5.56. The number of halogens is 4. The van der Waals surface area contributed by atoms with Crippen molar-refractivity contribution in [3.05, 3.63) is 53.1 Å². The first kappa shape index (κ1) is 17.9. The largest absolute Gasteiger partial charge is 0.573 e. The molecular formula is C16H13ClF3NO3. The highest BCUT2D eigenvalue weighted by Gasteiger charge is 2.30. The van der Waals surface area contributed by atoms with Crippen LogP contribution >= 0.6 is 11.6 Å². The summed E-state index contributed by atoms with van der Waals surface area (Å²) in [4.78, 5) is 12.1. The first-order chi connectivity index (χ1) is 11.3. The Labute approximate surface area is 141 Å². The van der Waals surface area contributed by atoms with Gasteiger partial charge in [-0.25, -0.2) is 0 Å². The quantitative estimate of drug-likeness (QED) is 0.826. The number of benzene rings is 2. The molecule has 2 aromatic carbocycles. The van der Waals surface area contributed by atoms with Crippen LogP contribution < -0.4 is 14.8 Å². The van der Waals surface area contributed by atoms with Crippen molar-refractivity contribution in [3.63, 3.8) is 0 Å². The minimum absolute atomic E-state index is 0.290. The number of hydrogen-bond acceptors (Lipinski definition) is 3. The first-order valence-electron chi connectivity index (χ1n) is 6.88. The number of hydrogen-bond donors (Lipinski definition) is 1. The summed E-state index contributed by atoms with van der Waals surface area (Å²) in [6.45, 7) is 2.25. The second kappa shape index (κ2) is 7.44. The third kappa shape index (κ3) is 5.06. The summed E-state index contributed by atoms with van der Waals surface area (Å²) in [5, 5.41) is 2.84. The summed E-state index contributed by atoms with van der Waals surface area (Å²) < 4.78 is 45.3. The maximum atomic E-state index is 12.1. The number of alkyl halides is 3. The van der Waals surface area contributed by atoms with E-state index in [2.05, 4.69) is 10.1 Å². The average Bonchev–Trinajstić information content (AvgIpc) is 2.50. The molecule has 0 atom stereocenters. The van der Waals surface area contributed by atoms with Crippen molar-refractivity contribution in [2.45, 2.75) is 13.3 Å². The van der Waals surface area contributed by atoms with Gasteiger partial charge in [0, 0.05) is 11.3 Å². The lowest BCUT2D eigenvalue weighted by Gasteiger charge is -2.10. The van der Waals surface area contributed by atoms with Crippen LogP contribution in [0.15, 0.2) is 42.5 Å². The monoisotopic (exact) mass is 359 g/mol. The van der Waals surface area contributed by atoms with Crippen LogP contribution in [0.3, 0.4) is 0 Å². The van der Waals surface area contributed by atoms with Crippen LogP contribution in [-0.4, -0.2) is 18.9 Å². The molecule has 0 radical (unpaired) electrons. The maximum Gasteiger partial charge on any atom is 0.573 e. The molecule has 0 aliphatic heterocycles. The van der Waals surface area contributed by atoms with Crippen LogP contribution in [0.1, 0.15) is 17.3 Å². The number of ether oxygens (including phenoxy) is 2. The SMILES string of the molecule is CCOc1ccc(C(=O)Nc2ccc(OC(F)(F)F)cc2)cc1Cl. The molecule has 0 aliphatic carbocycles. The predicted molar refractivity (Wildman–Crippen MR) is 83.7 cm³/mol. The number of nitrogens with one attached hydrogen (secondary N) is 1. The van der Waals surface area contributed by atoms with E-state index in [4.69, 9.17) is 16.3 Å². The highest BCUT2D eigenvalue weighted by atomic mass is 35.5. The second-order valence-corrected chi connectivity index (χ2v) is 5.01. The molecule has 0 spiro atoms. The molecule has 4 nitrogen and oxygen atoms in total. The molecular weight excluding hydrogens is 347 g/mol. The van der Waals surface area contributed by atoms with Crippen molar-refractivity contribution < 1.29 is 27.4 Å². The molecule has 8 heteroatoms. The smallest absolute Gasteiger partial charge is 0.492 e. The van der Waals surface area contributed by atoms with Gasteiger partial charge in [-0.1, -0.05) is 11.6 Å². The summed E-state index contributed by atoms with van der Waals surface area (Å²) in [5.41, 5.74) is 0.610. The van der Waals surface area contributed by atoms with Crippen molar-refractivity contribution in [1.29, 1.82) is 0 Å². The minimum atomic E-state index is -4.76. The molecule has 1 amide bonds. The lowest BCUT2D eigenvalue weighted by atomic mass is 10.2. The zero-order valence-corrected chi connectivity index (χ0v) is 13.2. The lowest BCUT2D eigenvalue weighted by molar-refractivity contribution is -0.274. The topological polar surface area (TPSA) is 47.6 Å². The van der Waals surface area contributed by atoms with E-state index < -0.39 is 12.3 Å². The Balaban J connectivity index is 2.05. The molecule has 0 unspecified atom stereocenters. The molecule has 0 aromatic heterocycles. The Morgan fingerprint density at radius 3 is 2.38 bits per heavy atom. The Bertz CT molecular complexity index is 717. The summed E-state index contributed by atoms with van der Waals surface area (Å²) in [6, 6.07) is 9.37. The zero-order valence-electron chi connectivity index (χ0n) is 12.5. The first-order valence-corrected chi connectivity index (χ1v) is 7.26. The number of amides is 1. The average molecular weight is 360 g/mol. The molecule has 24 heavy (non-hydrogen) atoms. The Morgan fingerprint density at radius 2 is 1.83 bits per heavy atom.